The Morgan fingerprint density at radius 3 is 2.52 bits per heavy atom. The number of ketones is 1. The summed E-state index contributed by atoms with van der Waals surface area (Å²) in [6, 6.07) is 20.2. The second-order valence-corrected chi connectivity index (χ2v) is 12.3. The van der Waals surface area contributed by atoms with Crippen molar-refractivity contribution in [3.05, 3.63) is 116 Å². The van der Waals surface area contributed by atoms with Gasteiger partial charge in [0.25, 0.3) is 0 Å². The van der Waals surface area contributed by atoms with Crippen LogP contribution in [0.15, 0.2) is 87.8 Å². The third-order valence-electron chi connectivity index (χ3n) is 7.67. The molecule has 1 unspecified atom stereocenters. The number of carbonyl (C=O) groups excluding carboxylic acids is 1. The number of rotatable bonds is 5. The summed E-state index contributed by atoms with van der Waals surface area (Å²) in [5.41, 5.74) is 12.2. The number of aryl methyl sites for hydroxylation is 1. The zero-order chi connectivity index (χ0) is 28.8. The maximum atomic E-state index is 14.3. The zero-order valence-corrected chi connectivity index (χ0v) is 24.6. The molecule has 0 saturated carbocycles. The summed E-state index contributed by atoms with van der Waals surface area (Å²) in [5, 5.41) is 10.4. The second-order valence-electron chi connectivity index (χ2n) is 11.3. The average molecular weight is 601 g/mol. The van der Waals surface area contributed by atoms with Crippen molar-refractivity contribution in [1.82, 2.24) is 0 Å². The molecule has 0 aromatic heterocycles. The van der Waals surface area contributed by atoms with E-state index in [2.05, 4.69) is 28.1 Å². The Kier molecular flexibility index (Phi) is 7.32. The lowest BCUT2D eigenvalue weighted by Gasteiger charge is -2.44. The number of hydrogen-bond acceptors (Lipinski definition) is 5. The standard InChI is InChI=1S/C33H31BrFN3O2/c1-19-12-21(18-40-25-10-8-22(34)9-11-25)20(2)26(13-19)30-27(17-36)32(37)38(24-7-5-6-23(35)14-24)28-15-33(3,4)16-29(39)31(28)30/h5-14,30H,15-16,18,37H2,1-4H3. The fourth-order valence-corrected chi connectivity index (χ4v) is 6.10. The highest BCUT2D eigenvalue weighted by Gasteiger charge is 2.45. The van der Waals surface area contributed by atoms with E-state index in [4.69, 9.17) is 10.5 Å². The molecule has 204 valence electrons. The van der Waals surface area contributed by atoms with Gasteiger partial charge in [0, 0.05) is 22.2 Å². The lowest BCUT2D eigenvalue weighted by Crippen LogP contribution is -2.42. The van der Waals surface area contributed by atoms with Crippen molar-refractivity contribution in [3.8, 4) is 11.8 Å². The first-order valence-corrected chi connectivity index (χ1v) is 14.0. The van der Waals surface area contributed by atoms with E-state index in [0.717, 1.165) is 38.2 Å². The van der Waals surface area contributed by atoms with Gasteiger partial charge in [-0.15, -0.1) is 0 Å². The minimum Gasteiger partial charge on any atom is -0.489 e. The number of anilines is 1. The molecule has 1 atom stereocenters. The second kappa shape index (κ2) is 10.6. The van der Waals surface area contributed by atoms with Gasteiger partial charge in [0.2, 0.25) is 0 Å². The summed E-state index contributed by atoms with van der Waals surface area (Å²) in [7, 11) is 0. The van der Waals surface area contributed by atoms with Crippen LogP contribution in [0.1, 0.15) is 54.9 Å². The average Bonchev–Trinajstić information content (AvgIpc) is 2.88. The summed E-state index contributed by atoms with van der Waals surface area (Å²) >= 11 is 3.45. The molecule has 0 spiro atoms. The summed E-state index contributed by atoms with van der Waals surface area (Å²) in [5.74, 6) is -0.104. The van der Waals surface area contributed by atoms with Crippen LogP contribution in [0.25, 0.3) is 0 Å². The van der Waals surface area contributed by atoms with E-state index in [1.54, 1.807) is 17.0 Å². The largest absolute Gasteiger partial charge is 0.489 e. The molecule has 40 heavy (non-hydrogen) atoms. The summed E-state index contributed by atoms with van der Waals surface area (Å²) in [6.45, 7) is 8.41. The van der Waals surface area contributed by atoms with E-state index in [9.17, 15) is 14.4 Å². The molecule has 5 rings (SSSR count). The van der Waals surface area contributed by atoms with Crippen LogP contribution in [0.4, 0.5) is 10.1 Å². The van der Waals surface area contributed by atoms with Gasteiger partial charge in [0.1, 0.15) is 24.0 Å². The Balaban J connectivity index is 1.67. The SMILES string of the molecule is Cc1cc(COc2ccc(Br)cc2)c(C)c(C2C(C#N)=C(N)N(c3cccc(F)c3)C3=C2C(=O)CC(C)(C)C3)c1. The first-order chi connectivity index (χ1) is 19.0. The first kappa shape index (κ1) is 27.7. The Labute approximate surface area is 242 Å². The lowest BCUT2D eigenvalue weighted by molar-refractivity contribution is -0.118. The fourth-order valence-electron chi connectivity index (χ4n) is 5.84. The molecular formula is C33H31BrFN3O2. The van der Waals surface area contributed by atoms with Crippen LogP contribution >= 0.6 is 15.9 Å². The molecule has 0 bridgehead atoms. The van der Waals surface area contributed by atoms with Crippen molar-refractivity contribution >= 4 is 27.4 Å². The predicted octanol–water partition coefficient (Wildman–Crippen LogP) is 7.72. The number of nitrogens with two attached hydrogens (primary N) is 1. The Bertz CT molecular complexity index is 1620. The van der Waals surface area contributed by atoms with E-state index < -0.39 is 11.7 Å². The highest BCUT2D eigenvalue weighted by molar-refractivity contribution is 9.10. The Morgan fingerprint density at radius 1 is 1.12 bits per heavy atom. The number of allylic oxidation sites excluding steroid dienone is 3. The van der Waals surface area contributed by atoms with Gasteiger partial charge in [-0.3, -0.25) is 9.69 Å². The summed E-state index contributed by atoms with van der Waals surface area (Å²) in [6.07, 6.45) is 0.910. The van der Waals surface area contributed by atoms with Gasteiger partial charge >= 0.3 is 0 Å². The minimum atomic E-state index is -0.625. The van der Waals surface area contributed by atoms with Crippen molar-refractivity contribution in [3.63, 3.8) is 0 Å². The number of nitrogens with zero attached hydrogens (tertiary/aromatic N) is 2. The molecule has 3 aromatic carbocycles. The van der Waals surface area contributed by atoms with Gasteiger partial charge in [-0.05, 0) is 84.8 Å². The van der Waals surface area contributed by atoms with Gasteiger partial charge in [-0.2, -0.15) is 5.26 Å². The predicted molar refractivity (Wildman–Crippen MR) is 158 cm³/mol. The van der Waals surface area contributed by atoms with Crippen molar-refractivity contribution < 1.29 is 13.9 Å². The highest BCUT2D eigenvalue weighted by atomic mass is 79.9. The van der Waals surface area contributed by atoms with Crippen molar-refractivity contribution in [2.45, 2.75) is 53.1 Å². The molecule has 7 heteroatoms. The van der Waals surface area contributed by atoms with Crippen molar-refractivity contribution in [2.24, 2.45) is 11.1 Å². The summed E-state index contributed by atoms with van der Waals surface area (Å²) < 4.78 is 21.4. The third-order valence-corrected chi connectivity index (χ3v) is 8.19. The Hall–Kier alpha value is -3.89. The molecule has 5 nitrogen and oxygen atoms in total. The normalized spacial score (nSPS) is 18.5. The molecule has 1 heterocycles. The van der Waals surface area contributed by atoms with Crippen LogP contribution in [0.2, 0.25) is 0 Å². The third kappa shape index (κ3) is 5.16. The van der Waals surface area contributed by atoms with E-state index in [-0.39, 0.29) is 22.6 Å². The van der Waals surface area contributed by atoms with Gasteiger partial charge in [0.15, 0.2) is 5.78 Å². The zero-order valence-electron chi connectivity index (χ0n) is 23.0. The number of benzene rings is 3. The van der Waals surface area contributed by atoms with Crippen LogP contribution in [-0.4, -0.2) is 5.78 Å². The topological polar surface area (TPSA) is 79.3 Å². The molecule has 3 aromatic rings. The number of hydrogen-bond donors (Lipinski definition) is 1. The molecule has 0 saturated heterocycles. The monoisotopic (exact) mass is 599 g/mol. The van der Waals surface area contributed by atoms with Crippen molar-refractivity contribution in [2.75, 3.05) is 4.90 Å². The molecule has 0 fully saturated rings. The molecule has 0 radical (unpaired) electrons. The van der Waals surface area contributed by atoms with E-state index in [1.807, 2.05) is 58.0 Å². The number of ether oxygens (including phenoxy) is 1. The van der Waals surface area contributed by atoms with Crippen LogP contribution < -0.4 is 15.4 Å². The van der Waals surface area contributed by atoms with Crippen molar-refractivity contribution in [1.29, 1.82) is 5.26 Å². The maximum absolute atomic E-state index is 14.3. The Morgan fingerprint density at radius 2 is 1.85 bits per heavy atom. The molecule has 1 aliphatic heterocycles. The van der Waals surface area contributed by atoms with Crippen LogP contribution in [-0.2, 0) is 11.4 Å². The number of Topliss-reactive ketones (excluding diaryl/α,β-unsaturated/α-hetero) is 1. The molecule has 2 aliphatic rings. The quantitative estimate of drug-likeness (QED) is 0.324. The van der Waals surface area contributed by atoms with E-state index in [0.29, 0.717) is 30.7 Å². The number of halogens is 2. The smallest absolute Gasteiger partial charge is 0.162 e. The van der Waals surface area contributed by atoms with E-state index in [1.165, 1.54) is 12.1 Å². The maximum Gasteiger partial charge on any atom is 0.162 e. The molecule has 0 amide bonds. The van der Waals surface area contributed by atoms with Gasteiger partial charge in [0.05, 0.1) is 23.2 Å². The number of carbonyl (C=O) groups is 1. The first-order valence-electron chi connectivity index (χ1n) is 13.2. The summed E-state index contributed by atoms with van der Waals surface area (Å²) in [4.78, 5) is 15.6. The lowest BCUT2D eigenvalue weighted by atomic mass is 9.68. The van der Waals surface area contributed by atoms with E-state index >= 15 is 0 Å². The molecule has 1 aliphatic carbocycles. The van der Waals surface area contributed by atoms with Crippen LogP contribution in [0.5, 0.6) is 5.75 Å². The van der Waals surface area contributed by atoms with Gasteiger partial charge < -0.3 is 10.5 Å². The van der Waals surface area contributed by atoms with Crippen LogP contribution in [0.3, 0.4) is 0 Å². The van der Waals surface area contributed by atoms with Gasteiger partial charge in [-0.25, -0.2) is 4.39 Å². The van der Waals surface area contributed by atoms with Crippen LogP contribution in [0, 0.1) is 36.4 Å². The molecule has 2 N–H and O–H groups in total. The minimum absolute atomic E-state index is 0.0218. The fraction of sp³-hybridized carbons (Fsp3) is 0.273. The van der Waals surface area contributed by atoms with Gasteiger partial charge in [-0.1, -0.05) is 53.5 Å². The highest BCUT2D eigenvalue weighted by Crippen LogP contribution is 2.51. The molecular weight excluding hydrogens is 569 g/mol. The number of nitriles is 1.